The van der Waals surface area contributed by atoms with Gasteiger partial charge in [0.2, 0.25) is 0 Å². The number of likely N-dealkylation sites (tertiary alicyclic amines) is 1. The molecule has 1 aliphatic heterocycles. The summed E-state index contributed by atoms with van der Waals surface area (Å²) >= 11 is 0. The fourth-order valence-corrected chi connectivity index (χ4v) is 3.75. The van der Waals surface area contributed by atoms with Gasteiger partial charge in [-0.15, -0.1) is 0 Å². The molecule has 2 heteroatoms. The van der Waals surface area contributed by atoms with E-state index in [2.05, 4.69) is 18.7 Å². The second-order valence-electron chi connectivity index (χ2n) is 6.16. The first-order valence-electron chi connectivity index (χ1n) is 7.08. The molecule has 1 saturated heterocycles. The van der Waals surface area contributed by atoms with E-state index in [1.54, 1.807) is 0 Å². The molecule has 0 spiro atoms. The molecule has 1 aliphatic carbocycles. The van der Waals surface area contributed by atoms with Gasteiger partial charge in [-0.1, -0.05) is 26.7 Å². The predicted octanol–water partition coefficient (Wildman–Crippen LogP) is 2.66. The third-order valence-corrected chi connectivity index (χ3v) is 4.41. The molecule has 1 saturated carbocycles. The summed E-state index contributed by atoms with van der Waals surface area (Å²) in [6.45, 7) is 8.50. The number of aliphatic hydroxyl groups excluding tert-OH is 1. The van der Waals surface area contributed by atoms with Gasteiger partial charge in [-0.2, -0.15) is 0 Å². The largest absolute Gasteiger partial charge is 0.393 e. The monoisotopic (exact) mass is 225 g/mol. The van der Waals surface area contributed by atoms with Gasteiger partial charge < -0.3 is 10.0 Å². The Labute approximate surface area is 100 Å². The number of nitrogens with zero attached hydrogens (tertiary/aromatic N) is 1. The number of hydrogen-bond donors (Lipinski definition) is 1. The summed E-state index contributed by atoms with van der Waals surface area (Å²) in [6, 6.07) is 0. The molecule has 94 valence electrons. The summed E-state index contributed by atoms with van der Waals surface area (Å²) in [6.07, 6.45) is 7.58. The first-order chi connectivity index (χ1) is 7.67. The second-order valence-corrected chi connectivity index (χ2v) is 6.16. The zero-order chi connectivity index (χ0) is 11.6. The lowest BCUT2D eigenvalue weighted by atomic mass is 9.71. The topological polar surface area (TPSA) is 23.5 Å². The molecular weight excluding hydrogens is 198 g/mol. The quantitative estimate of drug-likeness (QED) is 0.751. The van der Waals surface area contributed by atoms with Crippen LogP contribution in [0.25, 0.3) is 0 Å². The van der Waals surface area contributed by atoms with Crippen molar-refractivity contribution in [2.24, 2.45) is 11.3 Å². The van der Waals surface area contributed by atoms with Crippen LogP contribution in [0, 0.1) is 11.3 Å². The van der Waals surface area contributed by atoms with Crippen molar-refractivity contribution < 1.29 is 5.11 Å². The molecule has 1 N–H and O–H groups in total. The SMILES string of the molecule is CCCC1(CCC)CN(CC2CC(O)C2)C1. The van der Waals surface area contributed by atoms with Crippen LogP contribution >= 0.6 is 0 Å². The van der Waals surface area contributed by atoms with Gasteiger partial charge in [-0.3, -0.25) is 0 Å². The summed E-state index contributed by atoms with van der Waals surface area (Å²) in [7, 11) is 0. The van der Waals surface area contributed by atoms with Crippen LogP contribution in [0.3, 0.4) is 0 Å². The molecule has 16 heavy (non-hydrogen) atoms. The molecular formula is C14H27NO. The van der Waals surface area contributed by atoms with E-state index in [1.165, 1.54) is 45.3 Å². The molecule has 0 amide bonds. The van der Waals surface area contributed by atoms with E-state index in [4.69, 9.17) is 0 Å². The third kappa shape index (κ3) is 2.60. The third-order valence-electron chi connectivity index (χ3n) is 4.41. The zero-order valence-corrected chi connectivity index (χ0v) is 10.9. The minimum Gasteiger partial charge on any atom is -0.393 e. The normalized spacial score (nSPS) is 33.2. The lowest BCUT2D eigenvalue weighted by molar-refractivity contribution is -0.0510. The van der Waals surface area contributed by atoms with Gasteiger partial charge in [-0.05, 0) is 37.0 Å². The van der Waals surface area contributed by atoms with Crippen molar-refractivity contribution in [3.63, 3.8) is 0 Å². The molecule has 0 aromatic heterocycles. The van der Waals surface area contributed by atoms with Crippen molar-refractivity contribution in [1.82, 2.24) is 4.90 Å². The Bertz CT molecular complexity index is 209. The van der Waals surface area contributed by atoms with Crippen molar-refractivity contribution in [2.45, 2.75) is 58.5 Å². The van der Waals surface area contributed by atoms with E-state index < -0.39 is 0 Å². The van der Waals surface area contributed by atoms with Gasteiger partial charge in [0.1, 0.15) is 0 Å². The number of hydrogen-bond acceptors (Lipinski definition) is 2. The lowest BCUT2D eigenvalue weighted by Gasteiger charge is -2.53. The van der Waals surface area contributed by atoms with Crippen LogP contribution in [0.1, 0.15) is 52.4 Å². The van der Waals surface area contributed by atoms with Crippen LogP contribution in [-0.2, 0) is 0 Å². The summed E-state index contributed by atoms with van der Waals surface area (Å²) in [5.41, 5.74) is 0.659. The predicted molar refractivity (Wildman–Crippen MR) is 67.4 cm³/mol. The van der Waals surface area contributed by atoms with Gasteiger partial charge in [0.25, 0.3) is 0 Å². The van der Waals surface area contributed by atoms with Crippen LogP contribution in [0.2, 0.25) is 0 Å². The fraction of sp³-hybridized carbons (Fsp3) is 1.00. The smallest absolute Gasteiger partial charge is 0.0546 e. The number of aliphatic hydroxyl groups is 1. The van der Waals surface area contributed by atoms with Crippen LogP contribution in [0.4, 0.5) is 0 Å². The summed E-state index contributed by atoms with van der Waals surface area (Å²) in [5.74, 6) is 0.788. The second kappa shape index (κ2) is 5.05. The highest BCUT2D eigenvalue weighted by Crippen LogP contribution is 2.41. The number of rotatable bonds is 6. The Morgan fingerprint density at radius 1 is 1.12 bits per heavy atom. The van der Waals surface area contributed by atoms with E-state index in [9.17, 15) is 5.11 Å². The van der Waals surface area contributed by atoms with Gasteiger partial charge in [0.05, 0.1) is 6.10 Å². The maximum Gasteiger partial charge on any atom is 0.0546 e. The maximum absolute atomic E-state index is 9.27. The standard InChI is InChI=1S/C14H27NO/c1-3-5-14(6-4-2)10-15(11-14)9-12-7-13(16)8-12/h12-13,16H,3-11H2,1-2H3. The summed E-state index contributed by atoms with van der Waals surface area (Å²) in [5, 5.41) is 9.27. The average Bonchev–Trinajstić information content (AvgIpc) is 2.13. The van der Waals surface area contributed by atoms with Gasteiger partial charge in [-0.25, -0.2) is 0 Å². The molecule has 0 atom stereocenters. The molecule has 0 bridgehead atoms. The van der Waals surface area contributed by atoms with Crippen LogP contribution < -0.4 is 0 Å². The van der Waals surface area contributed by atoms with E-state index in [1.807, 2.05) is 0 Å². The molecule has 0 aromatic carbocycles. The Hall–Kier alpha value is -0.0800. The minimum atomic E-state index is 0.0160. The molecule has 0 aromatic rings. The highest BCUT2D eigenvalue weighted by molar-refractivity contribution is 4.96. The zero-order valence-electron chi connectivity index (χ0n) is 10.9. The first kappa shape index (κ1) is 12.4. The Morgan fingerprint density at radius 3 is 2.12 bits per heavy atom. The molecule has 2 rings (SSSR count). The molecule has 1 heterocycles. The van der Waals surface area contributed by atoms with Gasteiger partial charge >= 0.3 is 0 Å². The molecule has 2 aliphatic rings. The minimum absolute atomic E-state index is 0.0160. The first-order valence-corrected chi connectivity index (χ1v) is 7.08. The van der Waals surface area contributed by atoms with Crippen molar-refractivity contribution in [2.75, 3.05) is 19.6 Å². The lowest BCUT2D eigenvalue weighted by Crippen LogP contribution is -2.58. The Morgan fingerprint density at radius 2 is 1.69 bits per heavy atom. The molecule has 2 nitrogen and oxygen atoms in total. The Kier molecular flexibility index (Phi) is 3.91. The van der Waals surface area contributed by atoms with E-state index >= 15 is 0 Å². The fourth-order valence-electron chi connectivity index (χ4n) is 3.75. The van der Waals surface area contributed by atoms with Crippen LogP contribution in [-0.4, -0.2) is 35.7 Å². The van der Waals surface area contributed by atoms with Crippen LogP contribution in [0.15, 0.2) is 0 Å². The van der Waals surface area contributed by atoms with Crippen LogP contribution in [0.5, 0.6) is 0 Å². The summed E-state index contributed by atoms with van der Waals surface area (Å²) in [4.78, 5) is 2.61. The maximum atomic E-state index is 9.27. The van der Waals surface area contributed by atoms with E-state index in [0.717, 1.165) is 18.8 Å². The van der Waals surface area contributed by atoms with E-state index in [0.29, 0.717) is 5.41 Å². The average molecular weight is 225 g/mol. The Balaban J connectivity index is 1.69. The highest BCUT2D eigenvalue weighted by atomic mass is 16.3. The van der Waals surface area contributed by atoms with Crippen molar-refractivity contribution >= 4 is 0 Å². The highest BCUT2D eigenvalue weighted by Gasteiger charge is 2.42. The molecule has 0 radical (unpaired) electrons. The summed E-state index contributed by atoms with van der Waals surface area (Å²) < 4.78 is 0. The van der Waals surface area contributed by atoms with Gasteiger partial charge in [0.15, 0.2) is 0 Å². The van der Waals surface area contributed by atoms with Crippen molar-refractivity contribution in [3.05, 3.63) is 0 Å². The molecule has 0 unspecified atom stereocenters. The molecule has 2 fully saturated rings. The van der Waals surface area contributed by atoms with Crippen molar-refractivity contribution in [3.8, 4) is 0 Å². The van der Waals surface area contributed by atoms with Crippen molar-refractivity contribution in [1.29, 1.82) is 0 Å². The van der Waals surface area contributed by atoms with Gasteiger partial charge in [0, 0.05) is 19.6 Å². The van der Waals surface area contributed by atoms with E-state index in [-0.39, 0.29) is 6.10 Å².